The Morgan fingerprint density at radius 1 is 0.950 bits per heavy atom. The first-order valence-electron chi connectivity index (χ1n) is 5.53. The average Bonchev–Trinajstić information content (AvgIpc) is 2.36. The second-order valence-corrected chi connectivity index (χ2v) is 8.48. The maximum atomic E-state index is 12.5. The largest absolute Gasteiger partial charge is 0.278 e. The van der Waals surface area contributed by atoms with Gasteiger partial charge in [0.25, 0.3) is 10.0 Å². The minimum atomic E-state index is -3.64. The van der Waals surface area contributed by atoms with Gasteiger partial charge in [0, 0.05) is 13.4 Å². The maximum Gasteiger partial charge on any atom is 0.262 e. The maximum absolute atomic E-state index is 12.5. The van der Waals surface area contributed by atoms with Crippen molar-refractivity contribution >= 4 is 63.5 Å². The highest BCUT2D eigenvalue weighted by molar-refractivity contribution is 9.11. The number of hydrogen-bond donors (Lipinski definition) is 1. The molecule has 0 atom stereocenters. The van der Waals surface area contributed by atoms with E-state index < -0.39 is 10.0 Å². The standard InChI is InChI=1S/C13H10Br3NO2S/c1-8-2-3-10(15)7-13(8)20(18,19)17-12-6-9(14)4-5-11(12)16/h2-7,17H,1H3. The van der Waals surface area contributed by atoms with Crippen LogP contribution in [-0.4, -0.2) is 8.42 Å². The van der Waals surface area contributed by atoms with Gasteiger partial charge in [-0.05, 0) is 58.7 Å². The molecule has 0 heterocycles. The van der Waals surface area contributed by atoms with Crippen LogP contribution in [-0.2, 0) is 10.0 Å². The van der Waals surface area contributed by atoms with Gasteiger partial charge in [0.1, 0.15) is 0 Å². The zero-order chi connectivity index (χ0) is 14.9. The fourth-order valence-electron chi connectivity index (χ4n) is 1.64. The van der Waals surface area contributed by atoms with E-state index in [1.807, 2.05) is 12.1 Å². The molecule has 0 aliphatic heterocycles. The van der Waals surface area contributed by atoms with Crippen molar-refractivity contribution in [3.63, 3.8) is 0 Å². The third-order valence-corrected chi connectivity index (χ3v) is 5.80. The Morgan fingerprint density at radius 2 is 1.55 bits per heavy atom. The van der Waals surface area contributed by atoms with Crippen LogP contribution >= 0.6 is 47.8 Å². The molecule has 0 fully saturated rings. The van der Waals surface area contributed by atoms with Gasteiger partial charge in [0.2, 0.25) is 0 Å². The van der Waals surface area contributed by atoms with Crippen molar-refractivity contribution in [3.05, 3.63) is 55.4 Å². The molecule has 0 unspecified atom stereocenters. The van der Waals surface area contributed by atoms with E-state index in [0.717, 1.165) is 8.95 Å². The third kappa shape index (κ3) is 3.63. The van der Waals surface area contributed by atoms with Crippen LogP contribution < -0.4 is 4.72 Å². The molecule has 0 saturated carbocycles. The lowest BCUT2D eigenvalue weighted by Crippen LogP contribution is -2.14. The summed E-state index contributed by atoms with van der Waals surface area (Å²) < 4.78 is 29.7. The second kappa shape index (κ2) is 6.17. The molecule has 0 aliphatic carbocycles. The Labute approximate surface area is 143 Å². The van der Waals surface area contributed by atoms with Gasteiger partial charge in [-0.15, -0.1) is 0 Å². The quantitative estimate of drug-likeness (QED) is 0.661. The topological polar surface area (TPSA) is 46.2 Å². The fraction of sp³-hybridized carbons (Fsp3) is 0.0769. The minimum absolute atomic E-state index is 0.249. The summed E-state index contributed by atoms with van der Waals surface area (Å²) in [7, 11) is -3.64. The summed E-state index contributed by atoms with van der Waals surface area (Å²) in [6.45, 7) is 1.76. The summed E-state index contributed by atoms with van der Waals surface area (Å²) >= 11 is 9.95. The van der Waals surface area contributed by atoms with Gasteiger partial charge in [-0.1, -0.05) is 37.9 Å². The average molecular weight is 484 g/mol. The van der Waals surface area contributed by atoms with E-state index >= 15 is 0 Å². The molecule has 0 radical (unpaired) electrons. The van der Waals surface area contributed by atoms with Crippen LogP contribution in [0.5, 0.6) is 0 Å². The first-order chi connectivity index (χ1) is 9.29. The fourth-order valence-corrected chi connectivity index (χ4v) is 4.33. The Morgan fingerprint density at radius 3 is 2.25 bits per heavy atom. The molecule has 0 bridgehead atoms. The van der Waals surface area contributed by atoms with Crippen LogP contribution in [0.25, 0.3) is 0 Å². The van der Waals surface area contributed by atoms with E-state index in [9.17, 15) is 8.42 Å². The highest BCUT2D eigenvalue weighted by Gasteiger charge is 2.18. The molecule has 0 aliphatic rings. The molecule has 0 saturated heterocycles. The van der Waals surface area contributed by atoms with E-state index in [2.05, 4.69) is 52.5 Å². The highest BCUT2D eigenvalue weighted by atomic mass is 79.9. The molecule has 2 aromatic rings. The van der Waals surface area contributed by atoms with Crippen LogP contribution in [0.4, 0.5) is 5.69 Å². The van der Waals surface area contributed by atoms with E-state index in [0.29, 0.717) is 15.7 Å². The van der Waals surface area contributed by atoms with E-state index in [1.165, 1.54) is 0 Å². The Bertz CT molecular complexity index is 760. The molecule has 106 valence electrons. The summed E-state index contributed by atoms with van der Waals surface area (Å²) in [6, 6.07) is 10.5. The molecule has 20 heavy (non-hydrogen) atoms. The normalized spacial score (nSPS) is 11.4. The van der Waals surface area contributed by atoms with Crippen molar-refractivity contribution in [2.45, 2.75) is 11.8 Å². The molecule has 0 spiro atoms. The SMILES string of the molecule is Cc1ccc(Br)cc1S(=O)(=O)Nc1cc(Br)ccc1Br. The first-order valence-corrected chi connectivity index (χ1v) is 9.40. The van der Waals surface area contributed by atoms with Crippen LogP contribution in [0, 0.1) is 6.92 Å². The van der Waals surface area contributed by atoms with Gasteiger partial charge in [-0.2, -0.15) is 0 Å². The van der Waals surface area contributed by atoms with Crippen molar-refractivity contribution in [2.24, 2.45) is 0 Å². The molecule has 3 nitrogen and oxygen atoms in total. The van der Waals surface area contributed by atoms with Crippen molar-refractivity contribution in [3.8, 4) is 0 Å². The van der Waals surface area contributed by atoms with Gasteiger partial charge in [-0.3, -0.25) is 4.72 Å². The molecule has 1 N–H and O–H groups in total. The summed E-state index contributed by atoms with van der Waals surface area (Å²) in [5.74, 6) is 0. The molecular formula is C13H10Br3NO2S. The van der Waals surface area contributed by atoms with Gasteiger partial charge >= 0.3 is 0 Å². The zero-order valence-corrected chi connectivity index (χ0v) is 15.9. The van der Waals surface area contributed by atoms with Gasteiger partial charge in [0.15, 0.2) is 0 Å². The lowest BCUT2D eigenvalue weighted by atomic mass is 10.2. The molecular weight excluding hydrogens is 474 g/mol. The molecule has 7 heteroatoms. The summed E-state index contributed by atoms with van der Waals surface area (Å²) in [5, 5.41) is 0. The zero-order valence-electron chi connectivity index (χ0n) is 10.3. The first kappa shape index (κ1) is 16.0. The number of aryl methyl sites for hydroxylation is 1. The van der Waals surface area contributed by atoms with Gasteiger partial charge < -0.3 is 0 Å². The van der Waals surface area contributed by atoms with E-state index in [1.54, 1.807) is 31.2 Å². The van der Waals surface area contributed by atoms with Crippen molar-refractivity contribution in [1.29, 1.82) is 0 Å². The Kier molecular flexibility index (Phi) is 4.94. The summed E-state index contributed by atoms with van der Waals surface area (Å²) in [5.41, 5.74) is 1.17. The van der Waals surface area contributed by atoms with Crippen LogP contribution in [0.2, 0.25) is 0 Å². The number of benzene rings is 2. The molecule has 2 rings (SSSR count). The lowest BCUT2D eigenvalue weighted by molar-refractivity contribution is 0.600. The van der Waals surface area contributed by atoms with Crippen molar-refractivity contribution < 1.29 is 8.42 Å². The number of halogens is 3. The molecule has 2 aromatic carbocycles. The van der Waals surface area contributed by atoms with Gasteiger partial charge in [-0.25, -0.2) is 8.42 Å². The summed E-state index contributed by atoms with van der Waals surface area (Å²) in [6.07, 6.45) is 0. The predicted octanol–water partition coefficient (Wildman–Crippen LogP) is 5.08. The van der Waals surface area contributed by atoms with Crippen LogP contribution in [0.3, 0.4) is 0 Å². The monoisotopic (exact) mass is 481 g/mol. The number of nitrogens with one attached hydrogen (secondary N) is 1. The van der Waals surface area contributed by atoms with Crippen molar-refractivity contribution in [2.75, 3.05) is 4.72 Å². The predicted molar refractivity (Wildman–Crippen MR) is 91.5 cm³/mol. The minimum Gasteiger partial charge on any atom is -0.278 e. The van der Waals surface area contributed by atoms with Gasteiger partial charge in [0.05, 0.1) is 10.6 Å². The van der Waals surface area contributed by atoms with Crippen LogP contribution in [0.15, 0.2) is 54.7 Å². The Balaban J connectivity index is 2.46. The number of hydrogen-bond acceptors (Lipinski definition) is 2. The summed E-state index contributed by atoms with van der Waals surface area (Å²) in [4.78, 5) is 0.249. The number of anilines is 1. The molecule has 0 amide bonds. The second-order valence-electron chi connectivity index (χ2n) is 4.14. The molecule has 0 aromatic heterocycles. The van der Waals surface area contributed by atoms with E-state index in [-0.39, 0.29) is 4.90 Å². The Hall–Kier alpha value is -0.370. The van der Waals surface area contributed by atoms with E-state index in [4.69, 9.17) is 0 Å². The smallest absolute Gasteiger partial charge is 0.262 e. The highest BCUT2D eigenvalue weighted by Crippen LogP contribution is 2.29. The van der Waals surface area contributed by atoms with Crippen molar-refractivity contribution in [1.82, 2.24) is 0 Å². The number of sulfonamides is 1. The third-order valence-electron chi connectivity index (χ3n) is 2.61. The number of rotatable bonds is 3. The van der Waals surface area contributed by atoms with Crippen LogP contribution in [0.1, 0.15) is 5.56 Å². The lowest BCUT2D eigenvalue weighted by Gasteiger charge is -2.12.